The van der Waals surface area contributed by atoms with Crippen molar-refractivity contribution in [2.45, 2.75) is 18.5 Å². The summed E-state index contributed by atoms with van der Waals surface area (Å²) >= 11 is 5.68. The van der Waals surface area contributed by atoms with Crippen molar-refractivity contribution in [3.63, 3.8) is 0 Å². The third-order valence-electron chi connectivity index (χ3n) is 5.25. The zero-order valence-corrected chi connectivity index (χ0v) is 17.9. The zero-order valence-electron chi connectivity index (χ0n) is 17.1. The number of nitrogens with zero attached hydrogens (tertiary/aromatic N) is 3. The molecule has 1 aliphatic heterocycles. The highest BCUT2D eigenvalue weighted by Gasteiger charge is 2.41. The van der Waals surface area contributed by atoms with Crippen molar-refractivity contribution in [2.24, 2.45) is 0 Å². The van der Waals surface area contributed by atoms with Gasteiger partial charge in [-0.15, -0.1) is 0 Å². The van der Waals surface area contributed by atoms with E-state index in [0.717, 1.165) is 36.5 Å². The highest BCUT2D eigenvalue weighted by molar-refractivity contribution is 7.80. The monoisotopic (exact) mass is 424 g/mol. The van der Waals surface area contributed by atoms with Crippen LogP contribution in [0.25, 0.3) is 11.3 Å². The smallest absolute Gasteiger partial charge is 0.170 e. The number of hydrogen-bond acceptors (Lipinski definition) is 4. The van der Waals surface area contributed by atoms with E-state index in [-0.39, 0.29) is 17.9 Å². The number of furan rings is 1. The molecule has 0 spiro atoms. The van der Waals surface area contributed by atoms with Crippen LogP contribution < -0.4 is 5.32 Å². The van der Waals surface area contributed by atoms with Crippen LogP contribution in [0, 0.1) is 5.82 Å². The normalized spacial score (nSPS) is 18.8. The zero-order chi connectivity index (χ0) is 21.1. The quantitative estimate of drug-likeness (QED) is 0.567. The standard InChI is InChI=1S/C23H25FN4OS/c1-27(2)14-5-15-28-22(21(26-23(28)30)18-6-3-4-13-25-18)20-12-11-19(29-20)16-7-9-17(24)10-8-16/h3-4,6-13,21-22H,5,14-15H2,1-2H3,(H,26,30)/t21-,22+/m1/s1. The van der Waals surface area contributed by atoms with Gasteiger partial charge in [-0.1, -0.05) is 6.07 Å². The minimum absolute atomic E-state index is 0.106. The Hall–Kier alpha value is -2.77. The molecule has 7 heteroatoms. The number of halogens is 1. The van der Waals surface area contributed by atoms with E-state index in [4.69, 9.17) is 16.6 Å². The molecule has 1 aliphatic rings. The predicted octanol–water partition coefficient (Wildman–Crippen LogP) is 4.40. The van der Waals surface area contributed by atoms with Crippen LogP contribution in [-0.2, 0) is 0 Å². The molecular formula is C23H25FN4OS. The first-order valence-electron chi connectivity index (χ1n) is 10.0. The number of rotatable bonds is 7. The van der Waals surface area contributed by atoms with Crippen molar-refractivity contribution in [1.82, 2.24) is 20.1 Å². The van der Waals surface area contributed by atoms with Gasteiger partial charge in [0.15, 0.2) is 5.11 Å². The molecule has 3 heterocycles. The highest BCUT2D eigenvalue weighted by atomic mass is 32.1. The first-order valence-corrected chi connectivity index (χ1v) is 10.4. The van der Waals surface area contributed by atoms with Gasteiger partial charge in [-0.3, -0.25) is 4.98 Å². The van der Waals surface area contributed by atoms with Gasteiger partial charge in [0.1, 0.15) is 23.4 Å². The lowest BCUT2D eigenvalue weighted by Crippen LogP contribution is -2.32. The van der Waals surface area contributed by atoms with Crippen LogP contribution in [0.3, 0.4) is 0 Å². The maximum atomic E-state index is 13.3. The van der Waals surface area contributed by atoms with E-state index in [1.165, 1.54) is 12.1 Å². The summed E-state index contributed by atoms with van der Waals surface area (Å²) in [7, 11) is 4.13. The summed E-state index contributed by atoms with van der Waals surface area (Å²) in [6.07, 6.45) is 2.77. The highest BCUT2D eigenvalue weighted by Crippen LogP contribution is 2.40. The SMILES string of the molecule is CN(C)CCCN1C(=S)N[C@H](c2ccccn2)[C@@H]1c1ccc(-c2ccc(F)cc2)o1. The summed E-state index contributed by atoms with van der Waals surface area (Å²) in [5.41, 5.74) is 1.75. The fourth-order valence-electron chi connectivity index (χ4n) is 3.79. The van der Waals surface area contributed by atoms with E-state index in [2.05, 4.69) is 34.2 Å². The van der Waals surface area contributed by atoms with Crippen LogP contribution in [0.2, 0.25) is 0 Å². The first kappa shape index (κ1) is 20.5. The van der Waals surface area contributed by atoms with Crippen molar-refractivity contribution < 1.29 is 8.81 Å². The molecule has 1 fully saturated rings. The second-order valence-corrected chi connectivity index (χ2v) is 8.07. The molecular weight excluding hydrogens is 399 g/mol. The first-order chi connectivity index (χ1) is 14.5. The van der Waals surface area contributed by atoms with E-state index in [0.29, 0.717) is 10.9 Å². The molecule has 1 aromatic carbocycles. The lowest BCUT2D eigenvalue weighted by molar-refractivity contribution is 0.261. The molecule has 0 aliphatic carbocycles. The predicted molar refractivity (Wildman–Crippen MR) is 119 cm³/mol. The molecule has 2 atom stereocenters. The molecule has 5 nitrogen and oxygen atoms in total. The van der Waals surface area contributed by atoms with Crippen LogP contribution in [0.1, 0.15) is 30.0 Å². The maximum Gasteiger partial charge on any atom is 0.170 e. The summed E-state index contributed by atoms with van der Waals surface area (Å²) in [6, 6.07) is 15.9. The molecule has 0 radical (unpaired) electrons. The van der Waals surface area contributed by atoms with Crippen molar-refractivity contribution in [3.8, 4) is 11.3 Å². The molecule has 2 aromatic heterocycles. The summed E-state index contributed by atoms with van der Waals surface area (Å²) in [5.74, 6) is 1.25. The molecule has 3 aromatic rings. The molecule has 1 N–H and O–H groups in total. The number of benzene rings is 1. The Morgan fingerprint density at radius 3 is 2.63 bits per heavy atom. The summed E-state index contributed by atoms with van der Waals surface area (Å²) < 4.78 is 19.5. The maximum absolute atomic E-state index is 13.3. The Labute approximate surface area is 181 Å². The summed E-state index contributed by atoms with van der Waals surface area (Å²) in [4.78, 5) is 8.90. The second kappa shape index (κ2) is 8.93. The van der Waals surface area contributed by atoms with Gasteiger partial charge >= 0.3 is 0 Å². The summed E-state index contributed by atoms with van der Waals surface area (Å²) in [5, 5.41) is 4.14. The van der Waals surface area contributed by atoms with Gasteiger partial charge in [-0.25, -0.2) is 4.39 Å². The fraction of sp³-hybridized carbons (Fsp3) is 0.304. The van der Waals surface area contributed by atoms with Crippen LogP contribution in [0.5, 0.6) is 0 Å². The second-order valence-electron chi connectivity index (χ2n) is 7.69. The van der Waals surface area contributed by atoms with Gasteiger partial charge in [-0.2, -0.15) is 0 Å². The van der Waals surface area contributed by atoms with Gasteiger partial charge in [0, 0.05) is 18.3 Å². The van der Waals surface area contributed by atoms with Crippen LogP contribution in [-0.4, -0.2) is 47.1 Å². The Morgan fingerprint density at radius 1 is 1.13 bits per heavy atom. The third kappa shape index (κ3) is 4.37. The number of nitrogens with one attached hydrogen (secondary N) is 1. The average molecular weight is 425 g/mol. The molecule has 0 unspecified atom stereocenters. The number of pyridine rings is 1. The molecule has 0 bridgehead atoms. The van der Waals surface area contributed by atoms with Crippen LogP contribution in [0.15, 0.2) is 65.2 Å². The van der Waals surface area contributed by atoms with Gasteiger partial charge in [0.05, 0.1) is 11.7 Å². The largest absolute Gasteiger partial charge is 0.459 e. The van der Waals surface area contributed by atoms with E-state index in [1.807, 2.05) is 30.3 Å². The molecule has 4 rings (SSSR count). The molecule has 0 saturated carbocycles. The van der Waals surface area contributed by atoms with Gasteiger partial charge in [0.25, 0.3) is 0 Å². The minimum Gasteiger partial charge on any atom is -0.459 e. The molecule has 0 amide bonds. The van der Waals surface area contributed by atoms with E-state index in [1.54, 1.807) is 18.3 Å². The van der Waals surface area contributed by atoms with Gasteiger partial charge in [0.2, 0.25) is 0 Å². The van der Waals surface area contributed by atoms with Gasteiger partial charge in [-0.05, 0) is 87.8 Å². The average Bonchev–Trinajstić information content (AvgIpc) is 3.34. The fourth-order valence-corrected chi connectivity index (χ4v) is 4.13. The minimum atomic E-state index is -0.266. The summed E-state index contributed by atoms with van der Waals surface area (Å²) in [6.45, 7) is 1.78. The Balaban J connectivity index is 1.65. The van der Waals surface area contributed by atoms with Crippen molar-refractivity contribution in [2.75, 3.05) is 27.2 Å². The van der Waals surface area contributed by atoms with Crippen molar-refractivity contribution >= 4 is 17.3 Å². The Kier molecular flexibility index (Phi) is 6.11. The number of aromatic nitrogens is 1. The van der Waals surface area contributed by atoms with Crippen molar-refractivity contribution in [1.29, 1.82) is 0 Å². The van der Waals surface area contributed by atoms with Crippen LogP contribution >= 0.6 is 12.2 Å². The molecule has 1 saturated heterocycles. The van der Waals surface area contributed by atoms with E-state index in [9.17, 15) is 4.39 Å². The topological polar surface area (TPSA) is 44.5 Å². The molecule has 156 valence electrons. The Morgan fingerprint density at radius 2 is 1.93 bits per heavy atom. The molecule has 30 heavy (non-hydrogen) atoms. The lowest BCUT2D eigenvalue weighted by atomic mass is 10.0. The number of hydrogen-bond donors (Lipinski definition) is 1. The van der Waals surface area contributed by atoms with Gasteiger partial charge < -0.3 is 19.5 Å². The lowest BCUT2D eigenvalue weighted by Gasteiger charge is -2.26. The van der Waals surface area contributed by atoms with E-state index < -0.39 is 0 Å². The Bertz CT molecular complexity index is 990. The third-order valence-corrected chi connectivity index (χ3v) is 5.60. The number of thiocarbonyl (C=S) groups is 1. The van der Waals surface area contributed by atoms with Crippen LogP contribution in [0.4, 0.5) is 4.39 Å². The van der Waals surface area contributed by atoms with Crippen molar-refractivity contribution in [3.05, 3.63) is 78.1 Å². The van der Waals surface area contributed by atoms with E-state index >= 15 is 0 Å².